The van der Waals surface area contributed by atoms with Crippen molar-refractivity contribution in [3.8, 4) is 0 Å². The summed E-state index contributed by atoms with van der Waals surface area (Å²) in [5, 5.41) is 0.982. The molecule has 2 heterocycles. The third-order valence-electron chi connectivity index (χ3n) is 3.22. The van der Waals surface area contributed by atoms with Crippen LogP contribution in [0.2, 0.25) is 0 Å². The fourth-order valence-corrected chi connectivity index (χ4v) is 2.81. The summed E-state index contributed by atoms with van der Waals surface area (Å²) in [6.45, 7) is 2.62. The second-order valence-corrected chi connectivity index (χ2v) is 5.01. The van der Waals surface area contributed by atoms with Crippen LogP contribution in [0.25, 0.3) is 0 Å². The Hall–Kier alpha value is -0.610. The quantitative estimate of drug-likeness (QED) is 0.796. The van der Waals surface area contributed by atoms with Gasteiger partial charge in [0.15, 0.2) is 5.43 Å². The van der Waals surface area contributed by atoms with E-state index < -0.39 is 0 Å². The first-order chi connectivity index (χ1) is 7.74. The van der Waals surface area contributed by atoms with Crippen LogP contribution in [-0.4, -0.2) is 23.1 Å². The van der Waals surface area contributed by atoms with Crippen LogP contribution in [0.4, 0.5) is 0 Å². The number of hydrogen-bond donors (Lipinski definition) is 0. The maximum atomic E-state index is 11.0. The first-order valence-corrected chi connectivity index (χ1v) is 6.66. The lowest BCUT2D eigenvalue weighted by molar-refractivity contribution is 0.0185. The average molecular weight is 286 g/mol. The fraction of sp³-hybridized carbons (Fsp3) is 0.583. The zero-order valence-electron chi connectivity index (χ0n) is 9.19. The van der Waals surface area contributed by atoms with Crippen LogP contribution >= 0.6 is 15.9 Å². The molecule has 16 heavy (non-hydrogen) atoms. The van der Waals surface area contributed by atoms with Crippen LogP contribution in [0.1, 0.15) is 12.8 Å². The summed E-state index contributed by atoms with van der Waals surface area (Å²) < 4.78 is 7.49. The number of aromatic nitrogens is 1. The van der Waals surface area contributed by atoms with Crippen molar-refractivity contribution in [2.45, 2.75) is 19.4 Å². The third-order valence-corrected chi connectivity index (χ3v) is 4.40. The van der Waals surface area contributed by atoms with Crippen molar-refractivity contribution < 1.29 is 4.74 Å². The Morgan fingerprint density at radius 1 is 1.31 bits per heavy atom. The van der Waals surface area contributed by atoms with E-state index in [1.807, 2.05) is 12.4 Å². The first-order valence-electron chi connectivity index (χ1n) is 5.54. The van der Waals surface area contributed by atoms with E-state index in [9.17, 15) is 4.79 Å². The Balaban J connectivity index is 2.11. The second-order valence-electron chi connectivity index (χ2n) is 4.45. The van der Waals surface area contributed by atoms with Crippen molar-refractivity contribution in [2.24, 2.45) is 5.41 Å². The molecule has 1 aliphatic rings. The zero-order chi connectivity index (χ0) is 11.4. The number of nitrogens with zero attached hydrogens (tertiary/aromatic N) is 1. The van der Waals surface area contributed by atoms with Crippen molar-refractivity contribution >= 4 is 15.9 Å². The number of rotatable bonds is 3. The van der Waals surface area contributed by atoms with Crippen LogP contribution < -0.4 is 5.43 Å². The van der Waals surface area contributed by atoms with E-state index in [-0.39, 0.29) is 10.8 Å². The summed E-state index contributed by atoms with van der Waals surface area (Å²) >= 11 is 3.61. The molecular formula is C12H16BrNO2. The van der Waals surface area contributed by atoms with Gasteiger partial charge in [0, 0.05) is 55.0 Å². The van der Waals surface area contributed by atoms with Gasteiger partial charge < -0.3 is 9.30 Å². The van der Waals surface area contributed by atoms with Gasteiger partial charge in [0.25, 0.3) is 0 Å². The highest BCUT2D eigenvalue weighted by Gasteiger charge is 2.31. The highest BCUT2D eigenvalue weighted by molar-refractivity contribution is 9.09. The number of halogens is 1. The summed E-state index contributed by atoms with van der Waals surface area (Å²) in [6.07, 6.45) is 5.87. The molecular weight excluding hydrogens is 270 g/mol. The van der Waals surface area contributed by atoms with Gasteiger partial charge in [-0.25, -0.2) is 0 Å². The third kappa shape index (κ3) is 2.74. The summed E-state index contributed by atoms with van der Waals surface area (Å²) in [5.41, 5.74) is 0.337. The molecule has 1 fully saturated rings. The summed E-state index contributed by atoms with van der Waals surface area (Å²) in [4.78, 5) is 11.0. The maximum absolute atomic E-state index is 11.0. The lowest BCUT2D eigenvalue weighted by Gasteiger charge is -2.36. The second kappa shape index (κ2) is 5.15. The highest BCUT2D eigenvalue weighted by atomic mass is 79.9. The van der Waals surface area contributed by atoms with Gasteiger partial charge in [-0.3, -0.25) is 4.79 Å². The number of ether oxygens (including phenoxy) is 1. The van der Waals surface area contributed by atoms with Crippen molar-refractivity contribution in [3.05, 3.63) is 34.7 Å². The normalized spacial score (nSPS) is 19.6. The summed E-state index contributed by atoms with van der Waals surface area (Å²) in [6, 6.07) is 3.22. The molecule has 3 nitrogen and oxygen atoms in total. The molecule has 1 aliphatic heterocycles. The zero-order valence-corrected chi connectivity index (χ0v) is 10.8. The van der Waals surface area contributed by atoms with Gasteiger partial charge in [0.1, 0.15) is 0 Å². The van der Waals surface area contributed by atoms with Gasteiger partial charge in [-0.1, -0.05) is 15.9 Å². The molecule has 1 saturated heterocycles. The molecule has 0 unspecified atom stereocenters. The predicted octanol–water partition coefficient (Wildman–Crippen LogP) is 2.04. The highest BCUT2D eigenvalue weighted by Crippen LogP contribution is 2.34. The van der Waals surface area contributed by atoms with E-state index in [1.54, 1.807) is 12.1 Å². The monoisotopic (exact) mass is 285 g/mol. The van der Waals surface area contributed by atoms with E-state index in [2.05, 4.69) is 20.5 Å². The molecule has 0 aromatic carbocycles. The number of alkyl halides is 1. The fourth-order valence-electron chi connectivity index (χ4n) is 2.07. The minimum atomic E-state index is 0.0659. The Morgan fingerprint density at radius 3 is 2.50 bits per heavy atom. The van der Waals surface area contributed by atoms with Crippen LogP contribution in [0.5, 0.6) is 0 Å². The van der Waals surface area contributed by atoms with Crippen molar-refractivity contribution in [2.75, 3.05) is 18.5 Å². The van der Waals surface area contributed by atoms with Crippen molar-refractivity contribution in [1.82, 2.24) is 4.57 Å². The lowest BCUT2D eigenvalue weighted by atomic mass is 9.82. The molecule has 2 rings (SSSR count). The van der Waals surface area contributed by atoms with Crippen LogP contribution in [-0.2, 0) is 11.3 Å². The molecule has 0 saturated carbocycles. The summed E-state index contributed by atoms with van der Waals surface area (Å²) in [7, 11) is 0. The lowest BCUT2D eigenvalue weighted by Crippen LogP contribution is -2.35. The van der Waals surface area contributed by atoms with Gasteiger partial charge in [-0.2, -0.15) is 0 Å². The van der Waals surface area contributed by atoms with Gasteiger partial charge in [0.2, 0.25) is 0 Å². The molecule has 0 N–H and O–H groups in total. The number of hydrogen-bond acceptors (Lipinski definition) is 2. The van der Waals surface area contributed by atoms with E-state index in [0.717, 1.165) is 37.9 Å². The Labute approximate surface area is 104 Å². The predicted molar refractivity (Wildman–Crippen MR) is 67.0 cm³/mol. The van der Waals surface area contributed by atoms with E-state index in [0.29, 0.717) is 0 Å². The van der Waals surface area contributed by atoms with E-state index >= 15 is 0 Å². The van der Waals surface area contributed by atoms with Gasteiger partial charge in [-0.05, 0) is 12.8 Å². The van der Waals surface area contributed by atoms with E-state index in [1.165, 1.54) is 0 Å². The molecule has 4 heteroatoms. The van der Waals surface area contributed by atoms with Crippen LogP contribution in [0.15, 0.2) is 29.3 Å². The Morgan fingerprint density at radius 2 is 1.94 bits per heavy atom. The smallest absolute Gasteiger partial charge is 0.181 e. The van der Waals surface area contributed by atoms with Crippen LogP contribution in [0, 0.1) is 5.41 Å². The van der Waals surface area contributed by atoms with Crippen molar-refractivity contribution in [1.29, 1.82) is 0 Å². The summed E-state index contributed by atoms with van der Waals surface area (Å²) in [5.74, 6) is 0. The molecule has 0 spiro atoms. The van der Waals surface area contributed by atoms with Gasteiger partial charge in [0.05, 0.1) is 0 Å². The molecule has 1 aromatic rings. The minimum Gasteiger partial charge on any atom is -0.381 e. The minimum absolute atomic E-state index is 0.0659. The number of pyridine rings is 1. The molecule has 1 aromatic heterocycles. The molecule has 0 atom stereocenters. The molecule has 0 radical (unpaired) electrons. The molecule has 88 valence electrons. The topological polar surface area (TPSA) is 31.2 Å². The van der Waals surface area contributed by atoms with E-state index in [4.69, 9.17) is 4.74 Å². The molecule has 0 amide bonds. The average Bonchev–Trinajstić information content (AvgIpc) is 2.33. The standard InChI is InChI=1S/C12H16BrNO2/c13-9-12(3-7-16-8-4-12)10-14-5-1-11(15)2-6-14/h1-2,5-6H,3-4,7-10H2. The largest absolute Gasteiger partial charge is 0.381 e. The van der Waals surface area contributed by atoms with Crippen LogP contribution in [0.3, 0.4) is 0 Å². The van der Waals surface area contributed by atoms with Crippen molar-refractivity contribution in [3.63, 3.8) is 0 Å². The van der Waals surface area contributed by atoms with Gasteiger partial charge in [-0.15, -0.1) is 0 Å². The molecule has 0 aliphatic carbocycles. The first kappa shape index (κ1) is 11.9. The van der Waals surface area contributed by atoms with Gasteiger partial charge >= 0.3 is 0 Å². The molecule has 0 bridgehead atoms. The Kier molecular flexibility index (Phi) is 3.82. The Bertz CT molecular complexity index is 376. The SMILES string of the molecule is O=c1ccn(CC2(CBr)CCOCC2)cc1. The maximum Gasteiger partial charge on any atom is 0.181 e.